The Hall–Kier alpha value is -2.04. The fraction of sp³-hybridized carbons (Fsp3) is 0.222. The van der Waals surface area contributed by atoms with Gasteiger partial charge < -0.3 is 10.2 Å². The Balaban J connectivity index is 1.59. The maximum absolute atomic E-state index is 12.2. The number of hydrogen-bond donors (Lipinski definition) is 1. The molecule has 0 saturated carbocycles. The monoisotopic (exact) mass is 362 g/mol. The first-order chi connectivity index (χ1) is 11.5. The first kappa shape index (κ1) is 16.8. The van der Waals surface area contributed by atoms with E-state index in [9.17, 15) is 9.59 Å². The molecule has 1 atom stereocenters. The second kappa shape index (κ2) is 7.24. The van der Waals surface area contributed by atoms with Crippen LogP contribution in [0.4, 0.5) is 5.69 Å². The fourth-order valence-corrected chi connectivity index (χ4v) is 3.28. The molecular weight excluding hydrogens is 347 g/mol. The third kappa shape index (κ3) is 3.71. The molecule has 124 valence electrons. The van der Waals surface area contributed by atoms with Crippen LogP contribution in [-0.2, 0) is 4.79 Å². The van der Waals surface area contributed by atoms with Crippen LogP contribution in [0.1, 0.15) is 16.8 Å². The van der Waals surface area contributed by atoms with Gasteiger partial charge in [-0.15, -0.1) is 0 Å². The Bertz CT molecular complexity index is 765. The molecule has 2 aromatic carbocycles. The molecule has 0 aliphatic carbocycles. The predicted octanol–water partition coefficient (Wildman–Crippen LogP) is 3.78. The van der Waals surface area contributed by atoms with Crippen LogP contribution in [0.5, 0.6) is 0 Å². The number of anilines is 1. The van der Waals surface area contributed by atoms with E-state index in [0.29, 0.717) is 35.1 Å². The van der Waals surface area contributed by atoms with Crippen LogP contribution in [0.15, 0.2) is 48.5 Å². The molecule has 1 aliphatic rings. The highest BCUT2D eigenvalue weighted by atomic mass is 35.5. The summed E-state index contributed by atoms with van der Waals surface area (Å²) in [5.74, 6) is -0.111. The third-order valence-corrected chi connectivity index (χ3v) is 4.55. The van der Waals surface area contributed by atoms with E-state index in [4.69, 9.17) is 23.2 Å². The zero-order valence-corrected chi connectivity index (χ0v) is 14.3. The zero-order chi connectivity index (χ0) is 17.1. The van der Waals surface area contributed by atoms with Gasteiger partial charge in [0.1, 0.15) is 0 Å². The Morgan fingerprint density at radius 1 is 1.17 bits per heavy atom. The molecule has 0 aromatic heterocycles. The summed E-state index contributed by atoms with van der Waals surface area (Å²) in [6.45, 7) is 1.02. The summed E-state index contributed by atoms with van der Waals surface area (Å²) >= 11 is 11.9. The van der Waals surface area contributed by atoms with Crippen molar-refractivity contribution in [3.8, 4) is 0 Å². The van der Waals surface area contributed by atoms with E-state index >= 15 is 0 Å². The van der Waals surface area contributed by atoms with Crippen molar-refractivity contribution in [1.29, 1.82) is 0 Å². The number of carbonyl (C=O) groups is 2. The van der Waals surface area contributed by atoms with Gasteiger partial charge in [0.25, 0.3) is 5.91 Å². The minimum atomic E-state index is -0.262. The highest BCUT2D eigenvalue weighted by Crippen LogP contribution is 2.25. The summed E-state index contributed by atoms with van der Waals surface area (Å²) in [6, 6.07) is 14.3. The maximum Gasteiger partial charge on any atom is 0.252 e. The summed E-state index contributed by atoms with van der Waals surface area (Å²) in [7, 11) is 0. The van der Waals surface area contributed by atoms with E-state index in [2.05, 4.69) is 5.32 Å². The van der Waals surface area contributed by atoms with Gasteiger partial charge in [-0.3, -0.25) is 9.59 Å². The molecule has 1 N–H and O–H groups in total. The number of nitrogens with zero attached hydrogens (tertiary/aromatic N) is 1. The fourth-order valence-electron chi connectivity index (χ4n) is 2.78. The largest absolute Gasteiger partial charge is 0.352 e. The normalized spacial score (nSPS) is 17.2. The summed E-state index contributed by atoms with van der Waals surface area (Å²) < 4.78 is 0. The van der Waals surface area contributed by atoms with Gasteiger partial charge in [0.05, 0.1) is 10.6 Å². The molecule has 1 heterocycles. The quantitative estimate of drug-likeness (QED) is 0.899. The molecule has 4 nitrogen and oxygen atoms in total. The maximum atomic E-state index is 12.2. The van der Waals surface area contributed by atoms with Crippen LogP contribution < -0.4 is 10.2 Å². The van der Waals surface area contributed by atoms with Crippen LogP contribution in [0.25, 0.3) is 0 Å². The van der Waals surface area contributed by atoms with Crippen molar-refractivity contribution in [2.75, 3.05) is 18.0 Å². The molecule has 1 unspecified atom stereocenters. The molecule has 6 heteroatoms. The van der Waals surface area contributed by atoms with E-state index in [0.717, 1.165) is 5.69 Å². The van der Waals surface area contributed by atoms with Gasteiger partial charge in [-0.25, -0.2) is 0 Å². The lowest BCUT2D eigenvalue weighted by Crippen LogP contribution is -2.31. The van der Waals surface area contributed by atoms with Gasteiger partial charge in [-0.1, -0.05) is 41.4 Å². The summed E-state index contributed by atoms with van der Waals surface area (Å²) in [6.07, 6.45) is 0.420. The van der Waals surface area contributed by atoms with Crippen molar-refractivity contribution >= 4 is 40.7 Å². The SMILES string of the molecule is O=C(NCC1CC(=O)N(c2ccccc2)C1)c1ccc(Cl)cc1Cl. The molecule has 1 aliphatic heterocycles. The molecule has 0 bridgehead atoms. The molecule has 0 spiro atoms. The molecule has 1 saturated heterocycles. The summed E-state index contributed by atoms with van der Waals surface area (Å²) in [5, 5.41) is 3.64. The Labute approximate surface area is 150 Å². The Kier molecular flexibility index (Phi) is 5.07. The number of amides is 2. The van der Waals surface area contributed by atoms with E-state index in [-0.39, 0.29) is 17.7 Å². The highest BCUT2D eigenvalue weighted by molar-refractivity contribution is 6.36. The number of carbonyl (C=O) groups excluding carboxylic acids is 2. The lowest BCUT2D eigenvalue weighted by atomic mass is 10.1. The average Bonchev–Trinajstić information content (AvgIpc) is 2.94. The van der Waals surface area contributed by atoms with Crippen molar-refractivity contribution in [2.24, 2.45) is 5.92 Å². The standard InChI is InChI=1S/C18H16Cl2N2O2/c19-13-6-7-15(16(20)9-13)18(24)21-10-12-8-17(23)22(11-12)14-4-2-1-3-5-14/h1-7,9,12H,8,10-11H2,(H,21,24). The number of hydrogen-bond acceptors (Lipinski definition) is 2. The van der Waals surface area contributed by atoms with Gasteiger partial charge in [0.15, 0.2) is 0 Å². The lowest BCUT2D eigenvalue weighted by molar-refractivity contribution is -0.117. The number of rotatable bonds is 4. The van der Waals surface area contributed by atoms with Gasteiger partial charge >= 0.3 is 0 Å². The van der Waals surface area contributed by atoms with Crippen molar-refractivity contribution in [3.63, 3.8) is 0 Å². The number of para-hydroxylation sites is 1. The summed E-state index contributed by atoms with van der Waals surface area (Å²) in [5.41, 5.74) is 1.27. The van der Waals surface area contributed by atoms with Crippen LogP contribution in [0.3, 0.4) is 0 Å². The van der Waals surface area contributed by atoms with Crippen molar-refractivity contribution in [1.82, 2.24) is 5.32 Å². The average molecular weight is 363 g/mol. The highest BCUT2D eigenvalue weighted by Gasteiger charge is 2.30. The third-order valence-electron chi connectivity index (χ3n) is 4.00. The summed E-state index contributed by atoms with van der Waals surface area (Å²) in [4.78, 5) is 26.2. The number of nitrogens with one attached hydrogen (secondary N) is 1. The predicted molar refractivity (Wildman–Crippen MR) is 95.7 cm³/mol. The number of benzene rings is 2. The van der Waals surface area contributed by atoms with E-state index in [1.54, 1.807) is 17.0 Å². The van der Waals surface area contributed by atoms with Crippen LogP contribution >= 0.6 is 23.2 Å². The minimum Gasteiger partial charge on any atom is -0.352 e. The first-order valence-electron chi connectivity index (χ1n) is 7.63. The smallest absolute Gasteiger partial charge is 0.252 e. The molecule has 24 heavy (non-hydrogen) atoms. The van der Waals surface area contributed by atoms with Crippen LogP contribution in [0, 0.1) is 5.92 Å². The zero-order valence-electron chi connectivity index (χ0n) is 12.8. The topological polar surface area (TPSA) is 49.4 Å². The van der Waals surface area contributed by atoms with E-state index in [1.807, 2.05) is 30.3 Å². The molecule has 2 aromatic rings. The minimum absolute atomic E-state index is 0.0741. The molecular formula is C18H16Cl2N2O2. The van der Waals surface area contributed by atoms with Crippen LogP contribution in [-0.4, -0.2) is 24.9 Å². The molecule has 0 radical (unpaired) electrons. The Morgan fingerprint density at radius 2 is 1.92 bits per heavy atom. The number of halogens is 2. The van der Waals surface area contributed by atoms with Crippen molar-refractivity contribution in [3.05, 3.63) is 64.1 Å². The van der Waals surface area contributed by atoms with Crippen LogP contribution in [0.2, 0.25) is 10.0 Å². The van der Waals surface area contributed by atoms with E-state index < -0.39 is 0 Å². The molecule has 2 amide bonds. The second-order valence-electron chi connectivity index (χ2n) is 5.74. The molecule has 3 rings (SSSR count). The van der Waals surface area contributed by atoms with Gasteiger partial charge in [-0.05, 0) is 30.3 Å². The van der Waals surface area contributed by atoms with Gasteiger partial charge in [0.2, 0.25) is 5.91 Å². The Morgan fingerprint density at radius 3 is 2.62 bits per heavy atom. The first-order valence-corrected chi connectivity index (χ1v) is 8.39. The molecule has 1 fully saturated rings. The van der Waals surface area contributed by atoms with Crippen molar-refractivity contribution < 1.29 is 9.59 Å². The van der Waals surface area contributed by atoms with Crippen molar-refractivity contribution in [2.45, 2.75) is 6.42 Å². The second-order valence-corrected chi connectivity index (χ2v) is 6.59. The van der Waals surface area contributed by atoms with Gasteiger partial charge in [-0.2, -0.15) is 0 Å². The van der Waals surface area contributed by atoms with Gasteiger partial charge in [0, 0.05) is 36.1 Å². The lowest BCUT2D eigenvalue weighted by Gasteiger charge is -2.17. The van der Waals surface area contributed by atoms with E-state index in [1.165, 1.54) is 6.07 Å².